The van der Waals surface area contributed by atoms with Gasteiger partial charge in [-0.2, -0.15) is 0 Å². The molecule has 1 heterocycles. The van der Waals surface area contributed by atoms with Gasteiger partial charge in [-0.1, -0.05) is 12.1 Å². The normalized spacial score (nSPS) is 12.8. The van der Waals surface area contributed by atoms with Crippen LogP contribution in [0, 0.1) is 13.8 Å². The summed E-state index contributed by atoms with van der Waals surface area (Å²) in [5.74, 6) is -0.189. The van der Waals surface area contributed by atoms with Gasteiger partial charge in [0.2, 0.25) is 0 Å². The number of amides is 2. The molecule has 1 aliphatic carbocycles. The van der Waals surface area contributed by atoms with Crippen molar-refractivity contribution in [2.24, 2.45) is 5.73 Å². The number of thiophene rings is 1. The first kappa shape index (κ1) is 20.3. The lowest BCUT2D eigenvalue weighted by molar-refractivity contribution is -0.121. The van der Waals surface area contributed by atoms with Crippen LogP contribution in [0.1, 0.15) is 44.8 Å². The Hall–Kier alpha value is -2.45. The van der Waals surface area contributed by atoms with E-state index in [2.05, 4.69) is 10.6 Å². The zero-order valence-electron chi connectivity index (χ0n) is 15.9. The van der Waals surface area contributed by atoms with E-state index in [0.717, 1.165) is 47.3 Å². The van der Waals surface area contributed by atoms with Crippen LogP contribution in [0.5, 0.6) is 5.75 Å². The number of primary amides is 1. The Balaban J connectivity index is 1.61. The SMILES string of the molecule is Cc1ccc(C)c(OCC(=O)NC(=S)Nc2sc3c(c2C(N)=O)CCCC3)c1. The molecule has 0 unspecified atom stereocenters. The minimum Gasteiger partial charge on any atom is -0.483 e. The maximum atomic E-state index is 12.2. The number of carbonyl (C=O) groups excluding carboxylic acids is 2. The average Bonchev–Trinajstić information content (AvgIpc) is 3.00. The number of rotatable bonds is 5. The summed E-state index contributed by atoms with van der Waals surface area (Å²) < 4.78 is 5.59. The number of hydrogen-bond donors (Lipinski definition) is 3. The number of anilines is 1. The van der Waals surface area contributed by atoms with Crippen LogP contribution in [0.2, 0.25) is 0 Å². The van der Waals surface area contributed by atoms with Gasteiger partial charge < -0.3 is 15.8 Å². The van der Waals surface area contributed by atoms with Crippen LogP contribution in [0.15, 0.2) is 18.2 Å². The molecule has 0 bridgehead atoms. The van der Waals surface area contributed by atoms with Crippen molar-refractivity contribution >= 4 is 45.5 Å². The molecule has 1 aliphatic rings. The molecular weight excluding hydrogens is 394 g/mol. The number of hydrogen-bond acceptors (Lipinski definition) is 5. The van der Waals surface area contributed by atoms with Gasteiger partial charge in [0.1, 0.15) is 10.8 Å². The summed E-state index contributed by atoms with van der Waals surface area (Å²) in [5, 5.41) is 6.27. The molecule has 3 rings (SSSR count). The number of benzene rings is 1. The smallest absolute Gasteiger partial charge is 0.264 e. The van der Waals surface area contributed by atoms with Gasteiger partial charge in [0.25, 0.3) is 11.8 Å². The molecule has 0 radical (unpaired) electrons. The Bertz CT molecular complexity index is 937. The van der Waals surface area contributed by atoms with Gasteiger partial charge in [-0.15, -0.1) is 11.3 Å². The fourth-order valence-electron chi connectivity index (χ4n) is 3.22. The van der Waals surface area contributed by atoms with Crippen LogP contribution in [0.3, 0.4) is 0 Å². The van der Waals surface area contributed by atoms with Crippen LogP contribution in [-0.2, 0) is 17.6 Å². The van der Waals surface area contributed by atoms with Crippen molar-refractivity contribution in [1.29, 1.82) is 0 Å². The molecule has 0 saturated heterocycles. The number of carbonyl (C=O) groups is 2. The van der Waals surface area contributed by atoms with E-state index in [1.54, 1.807) is 0 Å². The standard InChI is InChI=1S/C20H23N3O3S2/c1-11-7-8-12(2)14(9-11)26-10-16(24)22-20(27)23-19-17(18(21)25)13-5-3-4-6-15(13)28-19/h7-9H,3-6,10H2,1-2H3,(H2,21,25)(H2,22,23,24,27). The molecule has 8 heteroatoms. The fourth-order valence-corrected chi connectivity index (χ4v) is 4.80. The molecular formula is C20H23N3O3S2. The van der Waals surface area contributed by atoms with Crippen molar-refractivity contribution in [3.63, 3.8) is 0 Å². The van der Waals surface area contributed by atoms with Gasteiger partial charge in [0.05, 0.1) is 5.56 Å². The van der Waals surface area contributed by atoms with Crippen molar-refractivity contribution in [2.45, 2.75) is 39.5 Å². The lowest BCUT2D eigenvalue weighted by Gasteiger charge is -2.12. The first-order chi connectivity index (χ1) is 13.3. The highest BCUT2D eigenvalue weighted by Gasteiger charge is 2.24. The van der Waals surface area contributed by atoms with Crippen LogP contribution >= 0.6 is 23.6 Å². The largest absolute Gasteiger partial charge is 0.483 e. The Labute approximate surface area is 173 Å². The summed E-state index contributed by atoms with van der Waals surface area (Å²) in [7, 11) is 0. The van der Waals surface area contributed by atoms with Gasteiger partial charge in [0.15, 0.2) is 11.7 Å². The second kappa shape index (κ2) is 8.70. The monoisotopic (exact) mass is 417 g/mol. The summed E-state index contributed by atoms with van der Waals surface area (Å²) in [6, 6.07) is 5.81. The van der Waals surface area contributed by atoms with Crippen LogP contribution < -0.4 is 21.1 Å². The Morgan fingerprint density at radius 3 is 2.75 bits per heavy atom. The summed E-state index contributed by atoms with van der Waals surface area (Å²) in [4.78, 5) is 25.3. The molecule has 28 heavy (non-hydrogen) atoms. The van der Waals surface area contributed by atoms with Gasteiger partial charge >= 0.3 is 0 Å². The second-order valence-corrected chi connectivity index (χ2v) is 8.35. The quantitative estimate of drug-likeness (QED) is 0.650. The summed E-state index contributed by atoms with van der Waals surface area (Å²) in [6.07, 6.45) is 3.92. The molecule has 0 aliphatic heterocycles. The molecule has 0 spiro atoms. The lowest BCUT2D eigenvalue weighted by Crippen LogP contribution is -2.37. The average molecular weight is 418 g/mol. The summed E-state index contributed by atoms with van der Waals surface area (Å²) in [5.41, 5.74) is 9.08. The molecule has 6 nitrogen and oxygen atoms in total. The zero-order chi connectivity index (χ0) is 20.3. The minimum absolute atomic E-state index is 0.121. The lowest BCUT2D eigenvalue weighted by atomic mass is 9.95. The summed E-state index contributed by atoms with van der Waals surface area (Å²) in [6.45, 7) is 3.72. The topological polar surface area (TPSA) is 93.4 Å². The second-order valence-electron chi connectivity index (χ2n) is 6.84. The number of ether oxygens (including phenoxy) is 1. The highest BCUT2D eigenvalue weighted by atomic mass is 32.1. The number of nitrogens with one attached hydrogen (secondary N) is 2. The highest BCUT2D eigenvalue weighted by molar-refractivity contribution is 7.80. The van der Waals surface area contributed by atoms with E-state index >= 15 is 0 Å². The number of fused-ring (bicyclic) bond motifs is 1. The number of aryl methyl sites for hydroxylation is 3. The van der Waals surface area contributed by atoms with Crippen molar-refractivity contribution in [3.05, 3.63) is 45.3 Å². The van der Waals surface area contributed by atoms with Gasteiger partial charge in [-0.25, -0.2) is 0 Å². The Morgan fingerprint density at radius 1 is 1.25 bits per heavy atom. The number of thiocarbonyl (C=S) groups is 1. The third-order valence-corrected chi connectivity index (χ3v) is 6.01. The highest BCUT2D eigenvalue weighted by Crippen LogP contribution is 2.37. The van der Waals surface area contributed by atoms with Crippen molar-refractivity contribution in [2.75, 3.05) is 11.9 Å². The first-order valence-electron chi connectivity index (χ1n) is 9.10. The maximum Gasteiger partial charge on any atom is 0.264 e. The third kappa shape index (κ3) is 4.69. The maximum absolute atomic E-state index is 12.2. The van der Waals surface area contributed by atoms with E-state index in [0.29, 0.717) is 16.3 Å². The molecule has 0 saturated carbocycles. The molecule has 1 aromatic carbocycles. The fraction of sp³-hybridized carbons (Fsp3) is 0.350. The van der Waals surface area contributed by atoms with Crippen molar-refractivity contribution in [3.8, 4) is 5.75 Å². The minimum atomic E-state index is -0.478. The van der Waals surface area contributed by atoms with Crippen molar-refractivity contribution in [1.82, 2.24) is 5.32 Å². The van der Waals surface area contributed by atoms with E-state index < -0.39 is 5.91 Å². The Kier molecular flexibility index (Phi) is 6.31. The molecule has 2 amide bonds. The van der Waals surface area contributed by atoms with E-state index in [1.165, 1.54) is 11.3 Å². The molecule has 0 atom stereocenters. The summed E-state index contributed by atoms with van der Waals surface area (Å²) >= 11 is 6.71. The Morgan fingerprint density at radius 2 is 2.00 bits per heavy atom. The number of nitrogens with two attached hydrogens (primary N) is 1. The van der Waals surface area contributed by atoms with Gasteiger partial charge in [-0.3, -0.25) is 14.9 Å². The first-order valence-corrected chi connectivity index (χ1v) is 10.3. The van der Waals surface area contributed by atoms with Gasteiger partial charge in [-0.05, 0) is 74.5 Å². The van der Waals surface area contributed by atoms with E-state index in [1.807, 2.05) is 32.0 Å². The van der Waals surface area contributed by atoms with Crippen LogP contribution in [-0.4, -0.2) is 23.5 Å². The molecule has 4 N–H and O–H groups in total. The van der Waals surface area contributed by atoms with E-state index in [-0.39, 0.29) is 17.6 Å². The third-order valence-electron chi connectivity index (χ3n) is 4.60. The zero-order valence-corrected chi connectivity index (χ0v) is 17.5. The van der Waals surface area contributed by atoms with E-state index in [9.17, 15) is 9.59 Å². The predicted octanol–water partition coefficient (Wildman–Crippen LogP) is 3.23. The van der Waals surface area contributed by atoms with E-state index in [4.69, 9.17) is 22.7 Å². The van der Waals surface area contributed by atoms with Crippen molar-refractivity contribution < 1.29 is 14.3 Å². The van der Waals surface area contributed by atoms with Crippen LogP contribution in [0.25, 0.3) is 0 Å². The molecule has 1 aromatic heterocycles. The van der Waals surface area contributed by atoms with Gasteiger partial charge in [0, 0.05) is 4.88 Å². The molecule has 148 valence electrons. The predicted molar refractivity (Wildman–Crippen MR) is 115 cm³/mol. The molecule has 2 aromatic rings. The molecule has 0 fully saturated rings. The van der Waals surface area contributed by atoms with Crippen LogP contribution in [0.4, 0.5) is 5.00 Å².